The number of carbonyl (C=O) groups excluding carboxylic acids is 1. The fourth-order valence-electron chi connectivity index (χ4n) is 0.965. The third kappa shape index (κ3) is 2.24. The highest BCUT2D eigenvalue weighted by Gasteiger charge is 2.14. The van der Waals surface area contributed by atoms with Gasteiger partial charge in [0.1, 0.15) is 0 Å². The van der Waals surface area contributed by atoms with E-state index in [0.29, 0.717) is 5.82 Å². The highest BCUT2D eigenvalue weighted by atomic mass is 16.2. The summed E-state index contributed by atoms with van der Waals surface area (Å²) in [6.07, 6.45) is 4.72. The molecule has 70 valence electrons. The average Bonchev–Trinajstić information content (AvgIpc) is 2.17. The van der Waals surface area contributed by atoms with Gasteiger partial charge in [-0.1, -0.05) is 13.8 Å². The van der Waals surface area contributed by atoms with E-state index in [0.717, 1.165) is 0 Å². The third-order valence-electron chi connectivity index (χ3n) is 1.72. The molecule has 0 unspecified atom stereocenters. The van der Waals surface area contributed by atoms with Gasteiger partial charge in [0.25, 0.3) is 0 Å². The Hall–Kier alpha value is -1.45. The van der Waals surface area contributed by atoms with E-state index in [1.54, 1.807) is 25.6 Å². The lowest BCUT2D eigenvalue weighted by atomic mass is 10.2. The summed E-state index contributed by atoms with van der Waals surface area (Å²) in [5.41, 5.74) is 0. The van der Waals surface area contributed by atoms with Gasteiger partial charge in [0, 0.05) is 25.4 Å². The quantitative estimate of drug-likeness (QED) is 0.682. The Kier molecular flexibility index (Phi) is 2.95. The first-order chi connectivity index (χ1) is 6.13. The van der Waals surface area contributed by atoms with Crippen molar-refractivity contribution in [2.45, 2.75) is 13.8 Å². The topological polar surface area (TPSA) is 46.1 Å². The van der Waals surface area contributed by atoms with Gasteiger partial charge in [-0.15, -0.1) is 0 Å². The number of anilines is 1. The molecule has 1 aromatic heterocycles. The predicted molar refractivity (Wildman–Crippen MR) is 50.3 cm³/mol. The van der Waals surface area contributed by atoms with Gasteiger partial charge in [0.05, 0.1) is 6.20 Å². The molecule has 0 radical (unpaired) electrons. The highest BCUT2D eigenvalue weighted by Crippen LogP contribution is 2.08. The van der Waals surface area contributed by atoms with Crippen LogP contribution in [0.15, 0.2) is 18.6 Å². The number of aromatic nitrogens is 2. The summed E-state index contributed by atoms with van der Waals surface area (Å²) < 4.78 is 0. The van der Waals surface area contributed by atoms with Gasteiger partial charge in [0.2, 0.25) is 5.91 Å². The Labute approximate surface area is 77.6 Å². The number of hydrogen-bond acceptors (Lipinski definition) is 3. The monoisotopic (exact) mass is 179 g/mol. The number of carbonyl (C=O) groups is 1. The van der Waals surface area contributed by atoms with Crippen LogP contribution in [0.1, 0.15) is 13.8 Å². The van der Waals surface area contributed by atoms with Gasteiger partial charge in [-0.2, -0.15) is 0 Å². The molecule has 0 aliphatic heterocycles. The Bertz CT molecular complexity index is 284. The van der Waals surface area contributed by atoms with Crippen molar-refractivity contribution in [3.8, 4) is 0 Å². The van der Waals surface area contributed by atoms with Crippen LogP contribution >= 0.6 is 0 Å². The van der Waals surface area contributed by atoms with E-state index >= 15 is 0 Å². The van der Waals surface area contributed by atoms with E-state index in [2.05, 4.69) is 9.97 Å². The maximum absolute atomic E-state index is 11.5. The second-order valence-corrected chi connectivity index (χ2v) is 3.12. The van der Waals surface area contributed by atoms with Gasteiger partial charge in [-0.25, -0.2) is 4.98 Å². The van der Waals surface area contributed by atoms with Crippen molar-refractivity contribution in [1.29, 1.82) is 0 Å². The van der Waals surface area contributed by atoms with Crippen LogP contribution in [0.25, 0.3) is 0 Å². The molecule has 0 aliphatic carbocycles. The maximum atomic E-state index is 11.5. The molecule has 4 nitrogen and oxygen atoms in total. The van der Waals surface area contributed by atoms with Gasteiger partial charge in [-0.3, -0.25) is 14.7 Å². The molecule has 0 bridgehead atoms. The zero-order valence-corrected chi connectivity index (χ0v) is 8.06. The molecule has 1 amide bonds. The van der Waals surface area contributed by atoms with E-state index in [9.17, 15) is 4.79 Å². The number of rotatable bonds is 2. The van der Waals surface area contributed by atoms with Crippen LogP contribution in [0.3, 0.4) is 0 Å². The SMILES string of the molecule is CC(C)C(=O)N(C)c1cnccn1. The summed E-state index contributed by atoms with van der Waals surface area (Å²) in [6, 6.07) is 0. The van der Waals surface area contributed by atoms with Crippen molar-refractivity contribution < 1.29 is 4.79 Å². The minimum Gasteiger partial charge on any atom is -0.298 e. The summed E-state index contributed by atoms with van der Waals surface area (Å²) in [5, 5.41) is 0. The molecular formula is C9H13N3O. The third-order valence-corrected chi connectivity index (χ3v) is 1.72. The standard InChI is InChI=1S/C9H13N3O/c1-7(2)9(13)12(3)8-6-10-4-5-11-8/h4-7H,1-3H3. The van der Waals surface area contributed by atoms with Crippen LogP contribution in [0.4, 0.5) is 5.82 Å². The van der Waals surface area contributed by atoms with E-state index in [1.165, 1.54) is 4.90 Å². The average molecular weight is 179 g/mol. The molecule has 0 aromatic carbocycles. The van der Waals surface area contributed by atoms with Crippen molar-refractivity contribution in [1.82, 2.24) is 9.97 Å². The van der Waals surface area contributed by atoms with Crippen molar-refractivity contribution in [2.24, 2.45) is 5.92 Å². The van der Waals surface area contributed by atoms with Crippen molar-refractivity contribution >= 4 is 11.7 Å². The summed E-state index contributed by atoms with van der Waals surface area (Å²) in [7, 11) is 1.70. The highest BCUT2D eigenvalue weighted by molar-refractivity contribution is 5.92. The molecule has 4 heteroatoms. The molecule has 0 aliphatic rings. The minimum atomic E-state index is -0.0213. The van der Waals surface area contributed by atoms with Crippen molar-refractivity contribution in [2.75, 3.05) is 11.9 Å². The predicted octanol–water partition coefficient (Wildman–Crippen LogP) is 1.10. The van der Waals surface area contributed by atoms with E-state index in [-0.39, 0.29) is 11.8 Å². The number of amides is 1. The van der Waals surface area contributed by atoms with E-state index < -0.39 is 0 Å². The molecule has 0 saturated heterocycles. The molecule has 1 rings (SSSR count). The van der Waals surface area contributed by atoms with Crippen LogP contribution in [0.2, 0.25) is 0 Å². The number of hydrogen-bond donors (Lipinski definition) is 0. The first-order valence-electron chi connectivity index (χ1n) is 4.16. The molecule has 1 heterocycles. The maximum Gasteiger partial charge on any atom is 0.230 e. The van der Waals surface area contributed by atoms with Crippen molar-refractivity contribution in [3.63, 3.8) is 0 Å². The summed E-state index contributed by atoms with van der Waals surface area (Å²) >= 11 is 0. The van der Waals surface area contributed by atoms with Gasteiger partial charge < -0.3 is 0 Å². The van der Waals surface area contributed by atoms with Crippen LogP contribution in [-0.4, -0.2) is 22.9 Å². The minimum absolute atomic E-state index is 0.0213. The lowest BCUT2D eigenvalue weighted by Gasteiger charge is -2.17. The molecule has 0 spiro atoms. The molecule has 0 fully saturated rings. The summed E-state index contributed by atoms with van der Waals surface area (Å²) in [6.45, 7) is 3.71. The lowest BCUT2D eigenvalue weighted by molar-refractivity contribution is -0.121. The molecule has 0 atom stereocenters. The summed E-state index contributed by atoms with van der Waals surface area (Å²) in [4.78, 5) is 20.9. The largest absolute Gasteiger partial charge is 0.298 e. The Morgan fingerprint density at radius 2 is 2.15 bits per heavy atom. The molecule has 0 N–H and O–H groups in total. The number of nitrogens with zero attached hydrogens (tertiary/aromatic N) is 3. The zero-order valence-electron chi connectivity index (χ0n) is 8.06. The molecule has 13 heavy (non-hydrogen) atoms. The fourth-order valence-corrected chi connectivity index (χ4v) is 0.965. The Balaban J connectivity index is 2.80. The van der Waals surface area contributed by atoms with E-state index in [1.807, 2.05) is 13.8 Å². The first-order valence-corrected chi connectivity index (χ1v) is 4.16. The molecule has 0 saturated carbocycles. The summed E-state index contributed by atoms with van der Waals surface area (Å²) in [5.74, 6) is 0.605. The fraction of sp³-hybridized carbons (Fsp3) is 0.444. The molecular weight excluding hydrogens is 166 g/mol. The van der Waals surface area contributed by atoms with Crippen LogP contribution < -0.4 is 4.90 Å². The van der Waals surface area contributed by atoms with Gasteiger partial charge in [-0.05, 0) is 0 Å². The first kappa shape index (κ1) is 9.64. The van der Waals surface area contributed by atoms with Crippen LogP contribution in [0, 0.1) is 5.92 Å². The van der Waals surface area contributed by atoms with Crippen LogP contribution in [0.5, 0.6) is 0 Å². The van der Waals surface area contributed by atoms with Crippen LogP contribution in [-0.2, 0) is 4.79 Å². The molecule has 1 aromatic rings. The Morgan fingerprint density at radius 3 is 2.62 bits per heavy atom. The lowest BCUT2D eigenvalue weighted by Crippen LogP contribution is -2.30. The second-order valence-electron chi connectivity index (χ2n) is 3.12. The smallest absolute Gasteiger partial charge is 0.230 e. The second kappa shape index (κ2) is 3.98. The van der Waals surface area contributed by atoms with E-state index in [4.69, 9.17) is 0 Å². The Morgan fingerprint density at radius 1 is 1.46 bits per heavy atom. The van der Waals surface area contributed by atoms with Gasteiger partial charge in [0.15, 0.2) is 5.82 Å². The van der Waals surface area contributed by atoms with Gasteiger partial charge >= 0.3 is 0 Å². The zero-order chi connectivity index (χ0) is 9.84. The normalized spacial score (nSPS) is 10.2. The van der Waals surface area contributed by atoms with Crippen molar-refractivity contribution in [3.05, 3.63) is 18.6 Å².